The lowest BCUT2D eigenvalue weighted by Crippen LogP contribution is -2.33. The molecular formula is C9H8BrClN4O2. The van der Waals surface area contributed by atoms with Crippen molar-refractivity contribution in [2.75, 3.05) is 6.54 Å². The maximum Gasteiger partial charge on any atom is 0.269 e. The molecular weight excluding hydrogens is 311 g/mol. The van der Waals surface area contributed by atoms with E-state index in [4.69, 9.17) is 16.9 Å². The van der Waals surface area contributed by atoms with E-state index < -0.39 is 5.56 Å². The van der Waals surface area contributed by atoms with Gasteiger partial charge in [0.25, 0.3) is 5.56 Å². The molecule has 1 aromatic heterocycles. The fourth-order valence-electron chi connectivity index (χ4n) is 1.02. The van der Waals surface area contributed by atoms with E-state index in [-0.39, 0.29) is 35.0 Å². The Labute approximate surface area is 110 Å². The summed E-state index contributed by atoms with van der Waals surface area (Å²) in [5.74, 6) is -0.363. The molecule has 1 amide bonds. The maximum atomic E-state index is 11.6. The SMILES string of the molecule is N#CCCNC(=O)Cn1cnc(Cl)c(Br)c1=O. The molecule has 0 aliphatic rings. The van der Waals surface area contributed by atoms with Gasteiger partial charge in [-0.15, -0.1) is 0 Å². The summed E-state index contributed by atoms with van der Waals surface area (Å²) in [7, 11) is 0. The third kappa shape index (κ3) is 3.84. The van der Waals surface area contributed by atoms with E-state index in [1.807, 2.05) is 6.07 Å². The van der Waals surface area contributed by atoms with Crippen LogP contribution >= 0.6 is 27.5 Å². The first-order chi connectivity index (χ1) is 8.06. The van der Waals surface area contributed by atoms with Crippen LogP contribution in [0.4, 0.5) is 0 Å². The Hall–Kier alpha value is -1.39. The van der Waals surface area contributed by atoms with Crippen molar-refractivity contribution in [3.8, 4) is 6.07 Å². The van der Waals surface area contributed by atoms with Crippen LogP contribution in [0.5, 0.6) is 0 Å². The molecule has 0 aromatic carbocycles. The number of hydrogen-bond acceptors (Lipinski definition) is 4. The average Bonchev–Trinajstić information content (AvgIpc) is 2.30. The molecule has 0 aliphatic heterocycles. The smallest absolute Gasteiger partial charge is 0.269 e. The number of nitrogens with zero attached hydrogens (tertiary/aromatic N) is 3. The molecule has 1 aromatic rings. The minimum absolute atomic E-state index is 0.0520. The van der Waals surface area contributed by atoms with E-state index in [0.29, 0.717) is 0 Å². The number of aromatic nitrogens is 2. The molecule has 1 N–H and O–H groups in total. The van der Waals surface area contributed by atoms with E-state index in [1.165, 1.54) is 6.33 Å². The highest BCUT2D eigenvalue weighted by molar-refractivity contribution is 9.10. The number of rotatable bonds is 4. The van der Waals surface area contributed by atoms with Gasteiger partial charge in [-0.2, -0.15) is 5.26 Å². The molecule has 0 atom stereocenters. The quantitative estimate of drug-likeness (QED) is 0.653. The van der Waals surface area contributed by atoms with Crippen molar-refractivity contribution < 1.29 is 4.79 Å². The fourth-order valence-corrected chi connectivity index (χ4v) is 1.48. The van der Waals surface area contributed by atoms with E-state index >= 15 is 0 Å². The highest BCUT2D eigenvalue weighted by atomic mass is 79.9. The van der Waals surface area contributed by atoms with E-state index in [9.17, 15) is 9.59 Å². The van der Waals surface area contributed by atoms with Gasteiger partial charge in [0.05, 0.1) is 18.8 Å². The minimum atomic E-state index is -0.430. The second-order valence-electron chi connectivity index (χ2n) is 3.04. The zero-order valence-electron chi connectivity index (χ0n) is 8.61. The van der Waals surface area contributed by atoms with Crippen molar-refractivity contribution in [3.05, 3.63) is 26.3 Å². The third-order valence-corrected chi connectivity index (χ3v) is 3.04. The van der Waals surface area contributed by atoms with Gasteiger partial charge in [0.1, 0.15) is 11.0 Å². The summed E-state index contributed by atoms with van der Waals surface area (Å²) in [6, 6.07) is 1.89. The molecule has 8 heteroatoms. The zero-order chi connectivity index (χ0) is 12.8. The molecule has 90 valence electrons. The Morgan fingerprint density at radius 1 is 1.71 bits per heavy atom. The number of carbonyl (C=O) groups excluding carboxylic acids is 1. The Kier molecular flexibility index (Phi) is 5.12. The first kappa shape index (κ1) is 13.7. The molecule has 0 aliphatic carbocycles. The molecule has 0 unspecified atom stereocenters. The van der Waals surface area contributed by atoms with Crippen molar-refractivity contribution >= 4 is 33.4 Å². The van der Waals surface area contributed by atoms with Gasteiger partial charge in [-0.05, 0) is 15.9 Å². The first-order valence-electron chi connectivity index (χ1n) is 4.60. The number of nitriles is 1. The highest BCUT2D eigenvalue weighted by Crippen LogP contribution is 2.13. The van der Waals surface area contributed by atoms with Gasteiger partial charge in [0.2, 0.25) is 5.91 Å². The first-order valence-corrected chi connectivity index (χ1v) is 5.77. The molecule has 0 radical (unpaired) electrons. The fraction of sp³-hybridized carbons (Fsp3) is 0.333. The van der Waals surface area contributed by atoms with Crippen LogP contribution in [0, 0.1) is 11.3 Å². The Morgan fingerprint density at radius 3 is 3.06 bits per heavy atom. The van der Waals surface area contributed by atoms with Crippen molar-refractivity contribution in [3.63, 3.8) is 0 Å². The van der Waals surface area contributed by atoms with E-state index in [2.05, 4.69) is 26.2 Å². The highest BCUT2D eigenvalue weighted by Gasteiger charge is 2.09. The van der Waals surface area contributed by atoms with Crippen LogP contribution in [0.1, 0.15) is 6.42 Å². The largest absolute Gasteiger partial charge is 0.354 e. The van der Waals surface area contributed by atoms with Crippen LogP contribution in [0.15, 0.2) is 15.6 Å². The molecule has 0 spiro atoms. The average molecular weight is 320 g/mol. The summed E-state index contributed by atoms with van der Waals surface area (Å²) in [6.07, 6.45) is 1.42. The van der Waals surface area contributed by atoms with Gasteiger partial charge in [0.15, 0.2) is 5.15 Å². The summed E-state index contributed by atoms with van der Waals surface area (Å²) in [4.78, 5) is 26.7. The number of nitrogens with one attached hydrogen (secondary N) is 1. The van der Waals surface area contributed by atoms with Crippen molar-refractivity contribution in [2.24, 2.45) is 0 Å². The lowest BCUT2D eigenvalue weighted by atomic mass is 10.4. The van der Waals surface area contributed by atoms with Crippen molar-refractivity contribution in [2.45, 2.75) is 13.0 Å². The predicted molar refractivity (Wildman–Crippen MR) is 64.4 cm³/mol. The van der Waals surface area contributed by atoms with Crippen molar-refractivity contribution in [1.82, 2.24) is 14.9 Å². The van der Waals surface area contributed by atoms with Crippen LogP contribution in [-0.2, 0) is 11.3 Å². The summed E-state index contributed by atoms with van der Waals surface area (Å²) >= 11 is 8.60. The Balaban J connectivity index is 2.70. The zero-order valence-corrected chi connectivity index (χ0v) is 11.0. The molecule has 1 rings (SSSR count). The second-order valence-corrected chi connectivity index (χ2v) is 4.19. The van der Waals surface area contributed by atoms with Gasteiger partial charge in [-0.3, -0.25) is 14.2 Å². The lowest BCUT2D eigenvalue weighted by Gasteiger charge is -2.06. The number of amides is 1. The molecule has 0 saturated carbocycles. The van der Waals surface area contributed by atoms with Crippen LogP contribution in [0.3, 0.4) is 0 Å². The molecule has 6 nitrogen and oxygen atoms in total. The van der Waals surface area contributed by atoms with Crippen LogP contribution in [-0.4, -0.2) is 22.0 Å². The molecule has 0 bridgehead atoms. The molecule has 0 saturated heterocycles. The standard InChI is InChI=1S/C9H8BrClN4O2/c10-7-8(11)14-5-15(9(7)17)4-6(16)13-3-1-2-12/h5H,1,3-4H2,(H,13,16). The van der Waals surface area contributed by atoms with Gasteiger partial charge < -0.3 is 5.32 Å². The lowest BCUT2D eigenvalue weighted by molar-refractivity contribution is -0.121. The van der Waals surface area contributed by atoms with E-state index in [1.54, 1.807) is 0 Å². The topological polar surface area (TPSA) is 87.8 Å². The second kappa shape index (κ2) is 6.37. The van der Waals surface area contributed by atoms with E-state index in [0.717, 1.165) is 4.57 Å². The van der Waals surface area contributed by atoms with Gasteiger partial charge in [-0.25, -0.2) is 4.98 Å². The van der Waals surface area contributed by atoms with Crippen molar-refractivity contribution in [1.29, 1.82) is 5.26 Å². The Morgan fingerprint density at radius 2 is 2.41 bits per heavy atom. The van der Waals surface area contributed by atoms with Gasteiger partial charge >= 0.3 is 0 Å². The van der Waals surface area contributed by atoms with Crippen LogP contribution in [0.25, 0.3) is 0 Å². The normalized spacial score (nSPS) is 9.71. The third-order valence-electron chi connectivity index (χ3n) is 1.81. The molecule has 1 heterocycles. The van der Waals surface area contributed by atoms with Gasteiger partial charge in [0, 0.05) is 6.54 Å². The number of carbonyl (C=O) groups is 1. The van der Waals surface area contributed by atoms with Crippen LogP contribution in [0.2, 0.25) is 5.15 Å². The minimum Gasteiger partial charge on any atom is -0.354 e. The predicted octanol–water partition coefficient (Wildman–Crippen LogP) is 0.689. The summed E-state index contributed by atoms with van der Waals surface area (Å²) < 4.78 is 1.24. The van der Waals surface area contributed by atoms with Crippen LogP contribution < -0.4 is 10.9 Å². The summed E-state index contributed by atoms with van der Waals surface area (Å²) in [5, 5.41) is 10.8. The summed E-state index contributed by atoms with van der Waals surface area (Å²) in [5.41, 5.74) is -0.430. The number of halogens is 2. The molecule has 0 fully saturated rings. The summed E-state index contributed by atoms with van der Waals surface area (Å²) in [6.45, 7) is 0.0965. The Bertz CT molecular complexity index is 523. The number of hydrogen-bond donors (Lipinski definition) is 1. The maximum absolute atomic E-state index is 11.6. The molecule has 17 heavy (non-hydrogen) atoms. The monoisotopic (exact) mass is 318 g/mol. The van der Waals surface area contributed by atoms with Gasteiger partial charge in [-0.1, -0.05) is 11.6 Å².